The molecule has 3 nitrogen and oxygen atoms in total. The van der Waals surface area contributed by atoms with Gasteiger partial charge in [-0.25, -0.2) is 4.79 Å². The zero-order valence-electron chi connectivity index (χ0n) is 9.61. The average molecular weight is 322 g/mol. The van der Waals surface area contributed by atoms with E-state index in [4.69, 9.17) is 21.4 Å². The van der Waals surface area contributed by atoms with Crippen molar-refractivity contribution >= 4 is 33.5 Å². The third kappa shape index (κ3) is 3.89. The molecule has 0 saturated heterocycles. The molecule has 0 radical (unpaired) electrons. The van der Waals surface area contributed by atoms with Crippen molar-refractivity contribution in [1.82, 2.24) is 0 Å². The summed E-state index contributed by atoms with van der Waals surface area (Å²) in [5.74, 6) is -0.545. The van der Waals surface area contributed by atoms with Crippen LogP contribution in [0.5, 0.6) is 5.75 Å². The maximum atomic E-state index is 11.0. The molecule has 1 aromatic carbocycles. The Labute approximate surface area is 114 Å². The van der Waals surface area contributed by atoms with Crippen LogP contribution in [0.15, 0.2) is 18.2 Å². The molecule has 0 saturated carbocycles. The third-order valence-electron chi connectivity index (χ3n) is 2.27. The highest BCUT2D eigenvalue weighted by Crippen LogP contribution is 2.25. The van der Waals surface area contributed by atoms with Crippen molar-refractivity contribution in [3.05, 3.63) is 28.8 Å². The van der Waals surface area contributed by atoms with Crippen molar-refractivity contribution in [3.8, 4) is 5.75 Å². The second-order valence-corrected chi connectivity index (χ2v) is 4.98. The Hall–Kier alpha value is -0.740. The fraction of sp³-hybridized carbons (Fsp3) is 0.417. The Morgan fingerprint density at radius 1 is 1.53 bits per heavy atom. The molecule has 1 unspecified atom stereocenters. The molecule has 0 spiro atoms. The van der Waals surface area contributed by atoms with Gasteiger partial charge in [0.2, 0.25) is 0 Å². The number of carboxylic acids is 1. The van der Waals surface area contributed by atoms with Gasteiger partial charge < -0.3 is 9.84 Å². The van der Waals surface area contributed by atoms with Gasteiger partial charge in [0.1, 0.15) is 5.75 Å². The number of hydrogen-bond donors (Lipinski definition) is 1. The molecular formula is C12H14BrClO3. The standard InChI is InChI=1S/C12H14BrClO3/c1-7(2)11(12(15)16)17-9-3-4-10(14)8(5-9)6-13/h3-5,7,11H,6H2,1-2H3,(H,15,16). The van der Waals surface area contributed by atoms with E-state index in [1.54, 1.807) is 32.0 Å². The molecule has 5 heteroatoms. The number of halogens is 2. The van der Waals surface area contributed by atoms with Crippen LogP contribution in [0, 0.1) is 5.92 Å². The molecule has 1 rings (SSSR count). The predicted octanol–water partition coefficient (Wildman–Crippen LogP) is 3.72. The van der Waals surface area contributed by atoms with Crippen LogP contribution < -0.4 is 4.74 Å². The Bertz CT molecular complexity index is 407. The van der Waals surface area contributed by atoms with Crippen LogP contribution in [0.2, 0.25) is 5.02 Å². The van der Waals surface area contributed by atoms with Crippen molar-refractivity contribution in [2.75, 3.05) is 0 Å². The lowest BCUT2D eigenvalue weighted by atomic mass is 10.1. The second kappa shape index (κ2) is 6.26. The first-order chi connectivity index (χ1) is 7.95. The summed E-state index contributed by atoms with van der Waals surface area (Å²) in [7, 11) is 0. The van der Waals surface area contributed by atoms with Crippen molar-refractivity contribution in [3.63, 3.8) is 0 Å². The number of carbonyl (C=O) groups is 1. The molecule has 0 fully saturated rings. The number of hydrogen-bond acceptors (Lipinski definition) is 2. The topological polar surface area (TPSA) is 46.5 Å². The molecule has 0 heterocycles. The summed E-state index contributed by atoms with van der Waals surface area (Å²) in [4.78, 5) is 11.0. The predicted molar refractivity (Wildman–Crippen MR) is 71.0 cm³/mol. The molecule has 17 heavy (non-hydrogen) atoms. The lowest BCUT2D eigenvalue weighted by molar-refractivity contribution is -0.147. The van der Waals surface area contributed by atoms with Crippen molar-refractivity contribution in [1.29, 1.82) is 0 Å². The minimum absolute atomic E-state index is 0.101. The molecule has 0 aromatic heterocycles. The number of rotatable bonds is 5. The number of benzene rings is 1. The fourth-order valence-electron chi connectivity index (χ4n) is 1.35. The fourth-order valence-corrected chi connectivity index (χ4v) is 2.15. The largest absolute Gasteiger partial charge is 0.478 e. The smallest absolute Gasteiger partial charge is 0.345 e. The SMILES string of the molecule is CC(C)C(Oc1ccc(Cl)c(CBr)c1)C(=O)O. The van der Waals surface area contributed by atoms with E-state index in [-0.39, 0.29) is 5.92 Å². The summed E-state index contributed by atoms with van der Waals surface area (Å²) < 4.78 is 5.46. The molecule has 1 N–H and O–H groups in total. The van der Waals surface area contributed by atoms with Gasteiger partial charge in [-0.1, -0.05) is 41.4 Å². The van der Waals surface area contributed by atoms with E-state index in [0.29, 0.717) is 16.1 Å². The van der Waals surface area contributed by atoms with Crippen molar-refractivity contribution < 1.29 is 14.6 Å². The van der Waals surface area contributed by atoms with E-state index in [1.165, 1.54) is 0 Å². The summed E-state index contributed by atoms with van der Waals surface area (Å²) >= 11 is 9.27. The number of ether oxygens (including phenoxy) is 1. The highest BCUT2D eigenvalue weighted by molar-refractivity contribution is 9.08. The van der Waals surface area contributed by atoms with Crippen LogP contribution in [0.1, 0.15) is 19.4 Å². The van der Waals surface area contributed by atoms with E-state index in [0.717, 1.165) is 5.56 Å². The molecular weight excluding hydrogens is 307 g/mol. The molecule has 0 bridgehead atoms. The van der Waals surface area contributed by atoms with Crippen LogP contribution in [0.3, 0.4) is 0 Å². The minimum atomic E-state index is -0.963. The number of alkyl halides is 1. The highest BCUT2D eigenvalue weighted by atomic mass is 79.9. The van der Waals surface area contributed by atoms with Gasteiger partial charge in [0.25, 0.3) is 0 Å². The summed E-state index contributed by atoms with van der Waals surface area (Å²) in [6.45, 7) is 3.61. The summed E-state index contributed by atoms with van der Waals surface area (Å²) in [6, 6.07) is 5.12. The van der Waals surface area contributed by atoms with Gasteiger partial charge in [0.15, 0.2) is 6.10 Å². The first-order valence-corrected chi connectivity index (χ1v) is 6.69. The van der Waals surface area contributed by atoms with E-state index in [1.807, 2.05) is 0 Å². The van der Waals surface area contributed by atoms with Gasteiger partial charge >= 0.3 is 5.97 Å². The molecule has 1 atom stereocenters. The molecule has 0 amide bonds. The first-order valence-electron chi connectivity index (χ1n) is 5.19. The third-order valence-corrected chi connectivity index (χ3v) is 3.25. The van der Waals surface area contributed by atoms with Crippen LogP contribution in [-0.4, -0.2) is 17.2 Å². The summed E-state index contributed by atoms with van der Waals surface area (Å²) in [6.07, 6.45) is -0.848. The number of carboxylic acid groups (broad SMARTS) is 1. The Morgan fingerprint density at radius 3 is 2.65 bits per heavy atom. The Morgan fingerprint density at radius 2 is 2.18 bits per heavy atom. The van der Waals surface area contributed by atoms with Gasteiger partial charge in [-0.15, -0.1) is 0 Å². The van der Waals surface area contributed by atoms with Crippen LogP contribution in [0.25, 0.3) is 0 Å². The monoisotopic (exact) mass is 320 g/mol. The quantitative estimate of drug-likeness (QED) is 0.841. The first kappa shape index (κ1) is 14.3. The van der Waals surface area contributed by atoms with Gasteiger partial charge in [0.05, 0.1) is 0 Å². The second-order valence-electron chi connectivity index (χ2n) is 4.01. The zero-order valence-corrected chi connectivity index (χ0v) is 12.0. The van der Waals surface area contributed by atoms with E-state index in [2.05, 4.69) is 15.9 Å². The summed E-state index contributed by atoms with van der Waals surface area (Å²) in [5.41, 5.74) is 0.872. The maximum absolute atomic E-state index is 11.0. The average Bonchev–Trinajstić information content (AvgIpc) is 2.26. The maximum Gasteiger partial charge on any atom is 0.345 e. The molecule has 0 aliphatic heterocycles. The molecule has 0 aliphatic rings. The lowest BCUT2D eigenvalue weighted by Crippen LogP contribution is -2.32. The summed E-state index contributed by atoms with van der Waals surface area (Å²) in [5, 5.41) is 10.3. The van der Waals surface area contributed by atoms with Crippen LogP contribution in [0.4, 0.5) is 0 Å². The van der Waals surface area contributed by atoms with E-state index >= 15 is 0 Å². The van der Waals surface area contributed by atoms with E-state index in [9.17, 15) is 4.79 Å². The van der Waals surface area contributed by atoms with Gasteiger partial charge in [-0.3, -0.25) is 0 Å². The van der Waals surface area contributed by atoms with Gasteiger partial charge in [-0.2, -0.15) is 0 Å². The van der Waals surface area contributed by atoms with Crippen molar-refractivity contribution in [2.24, 2.45) is 5.92 Å². The Balaban J connectivity index is 2.90. The van der Waals surface area contributed by atoms with Crippen molar-refractivity contribution in [2.45, 2.75) is 25.3 Å². The van der Waals surface area contributed by atoms with Crippen LogP contribution >= 0.6 is 27.5 Å². The molecule has 0 aliphatic carbocycles. The lowest BCUT2D eigenvalue weighted by Gasteiger charge is -2.18. The minimum Gasteiger partial charge on any atom is -0.478 e. The molecule has 1 aromatic rings. The van der Waals surface area contributed by atoms with E-state index < -0.39 is 12.1 Å². The normalized spacial score (nSPS) is 12.5. The Kier molecular flexibility index (Phi) is 5.28. The van der Waals surface area contributed by atoms with Gasteiger partial charge in [0, 0.05) is 16.3 Å². The number of aliphatic carboxylic acids is 1. The molecule has 94 valence electrons. The van der Waals surface area contributed by atoms with Gasteiger partial charge in [-0.05, 0) is 23.8 Å². The zero-order chi connectivity index (χ0) is 13.0. The van der Waals surface area contributed by atoms with Crippen LogP contribution in [-0.2, 0) is 10.1 Å². The highest BCUT2D eigenvalue weighted by Gasteiger charge is 2.23.